The van der Waals surface area contributed by atoms with E-state index in [2.05, 4.69) is 32.5 Å². The van der Waals surface area contributed by atoms with Crippen molar-refractivity contribution in [1.29, 1.82) is 0 Å². The minimum absolute atomic E-state index is 0.00455. The van der Waals surface area contributed by atoms with Crippen LogP contribution in [-0.4, -0.2) is 61.0 Å². The number of carbonyl (C=O) groups excluding carboxylic acids is 1. The first-order chi connectivity index (χ1) is 16.0. The molecule has 1 amide bonds. The molecule has 1 aliphatic heterocycles. The van der Waals surface area contributed by atoms with Crippen molar-refractivity contribution in [3.63, 3.8) is 0 Å². The molecule has 4 rings (SSSR count). The van der Waals surface area contributed by atoms with Crippen LogP contribution in [0.4, 0.5) is 17.1 Å². The highest BCUT2D eigenvalue weighted by atomic mass is 16.5. The predicted octanol–water partition coefficient (Wildman–Crippen LogP) is 3.13. The number of aromatic nitrogens is 1. The monoisotopic (exact) mass is 447 g/mol. The van der Waals surface area contributed by atoms with E-state index in [4.69, 9.17) is 4.74 Å². The summed E-state index contributed by atoms with van der Waals surface area (Å²) in [4.78, 5) is 32.9. The van der Waals surface area contributed by atoms with Crippen LogP contribution >= 0.6 is 0 Å². The number of aromatic amines is 1. The Bertz CT molecular complexity index is 1150. The number of rotatable bonds is 7. The van der Waals surface area contributed by atoms with Gasteiger partial charge in [0.1, 0.15) is 11.3 Å². The average Bonchev–Trinajstić information content (AvgIpc) is 2.82. The molecule has 2 aromatic carbocycles. The lowest BCUT2D eigenvalue weighted by Crippen LogP contribution is -2.43. The zero-order valence-corrected chi connectivity index (χ0v) is 18.9. The van der Waals surface area contributed by atoms with Crippen molar-refractivity contribution in [3.05, 3.63) is 82.3 Å². The molecule has 0 atom stereocenters. The highest BCUT2D eigenvalue weighted by molar-refractivity contribution is 6.08. The third-order valence-electron chi connectivity index (χ3n) is 5.78. The van der Waals surface area contributed by atoms with Gasteiger partial charge in [0.2, 0.25) is 0 Å². The quantitative estimate of drug-likeness (QED) is 0.516. The van der Waals surface area contributed by atoms with Crippen LogP contribution in [0.1, 0.15) is 15.9 Å². The van der Waals surface area contributed by atoms with Crippen LogP contribution in [-0.2, 0) is 6.54 Å². The van der Waals surface area contributed by atoms with Crippen LogP contribution < -0.4 is 20.9 Å². The Kier molecular flexibility index (Phi) is 7.07. The molecule has 33 heavy (non-hydrogen) atoms. The summed E-state index contributed by atoms with van der Waals surface area (Å²) >= 11 is 0. The Balaban J connectivity index is 1.47. The summed E-state index contributed by atoms with van der Waals surface area (Å²) in [7, 11) is 3.71. The summed E-state index contributed by atoms with van der Waals surface area (Å²) in [5.74, 6) is 0.126. The molecule has 3 aromatic rings. The fraction of sp³-hybridized carbons (Fsp3) is 0.280. The topological polar surface area (TPSA) is 89.7 Å². The van der Waals surface area contributed by atoms with E-state index in [0.717, 1.165) is 32.7 Å². The number of carbonyl (C=O) groups is 1. The Morgan fingerprint density at radius 1 is 1.00 bits per heavy atom. The first-order valence-electron chi connectivity index (χ1n) is 11.0. The molecule has 1 aromatic heterocycles. The summed E-state index contributed by atoms with van der Waals surface area (Å²) < 4.78 is 5.36. The number of nitrogens with one attached hydrogen (secondary N) is 3. The SMILES string of the molecule is COc1ccccc1Nc1cc[nH]c(=O)c1C(=O)Nc1ccc(CN2CCN(C)CC2)cc1. The summed E-state index contributed by atoms with van der Waals surface area (Å²) in [5.41, 5.74) is 2.41. The van der Waals surface area contributed by atoms with Gasteiger partial charge in [0.25, 0.3) is 11.5 Å². The van der Waals surface area contributed by atoms with Crippen molar-refractivity contribution in [3.8, 4) is 5.75 Å². The lowest BCUT2D eigenvalue weighted by molar-refractivity contribution is 0.102. The van der Waals surface area contributed by atoms with Gasteiger partial charge >= 0.3 is 0 Å². The first kappa shape index (κ1) is 22.6. The Hall–Kier alpha value is -3.62. The number of likely N-dealkylation sites (N-methyl/N-ethyl adjacent to an activating group) is 1. The third kappa shape index (κ3) is 5.60. The average molecular weight is 448 g/mol. The van der Waals surface area contributed by atoms with Crippen LogP contribution in [0.3, 0.4) is 0 Å². The maximum absolute atomic E-state index is 13.0. The van der Waals surface area contributed by atoms with Crippen molar-refractivity contribution < 1.29 is 9.53 Å². The minimum Gasteiger partial charge on any atom is -0.495 e. The molecular weight excluding hydrogens is 418 g/mol. The molecule has 172 valence electrons. The number of anilines is 3. The van der Waals surface area contributed by atoms with Crippen LogP contribution in [0.2, 0.25) is 0 Å². The highest BCUT2D eigenvalue weighted by Crippen LogP contribution is 2.28. The van der Waals surface area contributed by atoms with E-state index in [1.807, 2.05) is 42.5 Å². The molecule has 8 nitrogen and oxygen atoms in total. The van der Waals surface area contributed by atoms with E-state index in [-0.39, 0.29) is 5.56 Å². The van der Waals surface area contributed by atoms with Gasteiger partial charge < -0.3 is 25.3 Å². The second-order valence-corrected chi connectivity index (χ2v) is 8.15. The van der Waals surface area contributed by atoms with E-state index >= 15 is 0 Å². The van der Waals surface area contributed by atoms with Gasteiger partial charge in [-0.3, -0.25) is 14.5 Å². The molecule has 0 unspecified atom stereocenters. The van der Waals surface area contributed by atoms with Gasteiger partial charge in [-0.1, -0.05) is 24.3 Å². The predicted molar refractivity (Wildman–Crippen MR) is 131 cm³/mol. The molecule has 0 saturated carbocycles. The number of piperazine rings is 1. The van der Waals surface area contributed by atoms with Crippen molar-refractivity contribution >= 4 is 23.0 Å². The van der Waals surface area contributed by atoms with E-state index in [1.165, 1.54) is 11.8 Å². The summed E-state index contributed by atoms with van der Waals surface area (Å²) in [6.45, 7) is 5.13. The number of H-pyrrole nitrogens is 1. The molecule has 0 bridgehead atoms. The molecule has 1 fully saturated rings. The van der Waals surface area contributed by atoms with Crippen molar-refractivity contribution in [1.82, 2.24) is 14.8 Å². The first-order valence-corrected chi connectivity index (χ1v) is 11.0. The van der Waals surface area contributed by atoms with Gasteiger partial charge in [0.05, 0.1) is 18.5 Å². The molecule has 2 heterocycles. The van der Waals surface area contributed by atoms with E-state index in [1.54, 1.807) is 19.2 Å². The van der Waals surface area contributed by atoms with Crippen LogP contribution in [0.25, 0.3) is 0 Å². The van der Waals surface area contributed by atoms with E-state index in [9.17, 15) is 9.59 Å². The second-order valence-electron chi connectivity index (χ2n) is 8.15. The number of methoxy groups -OCH3 is 1. The normalized spacial score (nSPS) is 14.6. The van der Waals surface area contributed by atoms with Crippen molar-refractivity contribution in [2.75, 3.05) is 51.0 Å². The fourth-order valence-corrected chi connectivity index (χ4v) is 3.85. The molecule has 3 N–H and O–H groups in total. The van der Waals surface area contributed by atoms with Crippen molar-refractivity contribution in [2.45, 2.75) is 6.54 Å². The van der Waals surface area contributed by atoms with Crippen LogP contribution in [0.15, 0.2) is 65.6 Å². The molecule has 0 spiro atoms. The zero-order valence-electron chi connectivity index (χ0n) is 18.9. The summed E-state index contributed by atoms with van der Waals surface area (Å²) in [6, 6.07) is 16.7. The molecule has 0 radical (unpaired) electrons. The fourth-order valence-electron chi connectivity index (χ4n) is 3.85. The Morgan fingerprint density at radius 3 is 2.45 bits per heavy atom. The number of pyridine rings is 1. The standard InChI is InChI=1S/C25H29N5O3/c1-29-13-15-30(16-14-29)17-18-7-9-19(10-8-18)27-25(32)23-21(11-12-26-24(23)31)28-20-5-3-4-6-22(20)33-2/h3-12H,13-17H2,1-2H3,(H,27,32)(H2,26,28,31). The van der Waals surface area contributed by atoms with Gasteiger partial charge in [0, 0.05) is 44.6 Å². The number of hydrogen-bond donors (Lipinski definition) is 3. The highest BCUT2D eigenvalue weighted by Gasteiger charge is 2.18. The number of hydrogen-bond acceptors (Lipinski definition) is 6. The van der Waals surface area contributed by atoms with Gasteiger partial charge in [0.15, 0.2) is 0 Å². The maximum Gasteiger partial charge on any atom is 0.263 e. The zero-order chi connectivity index (χ0) is 23.2. The van der Waals surface area contributed by atoms with E-state index in [0.29, 0.717) is 22.8 Å². The number of nitrogens with zero attached hydrogens (tertiary/aromatic N) is 2. The Labute approximate surface area is 193 Å². The molecule has 1 saturated heterocycles. The lowest BCUT2D eigenvalue weighted by atomic mass is 10.1. The Morgan fingerprint density at radius 2 is 1.73 bits per heavy atom. The lowest BCUT2D eigenvalue weighted by Gasteiger charge is -2.32. The minimum atomic E-state index is -0.485. The number of ether oxygens (including phenoxy) is 1. The van der Waals surface area contributed by atoms with Gasteiger partial charge in [-0.2, -0.15) is 0 Å². The third-order valence-corrected chi connectivity index (χ3v) is 5.78. The van der Waals surface area contributed by atoms with Gasteiger partial charge in [-0.05, 0) is 42.9 Å². The smallest absolute Gasteiger partial charge is 0.263 e. The van der Waals surface area contributed by atoms with Crippen LogP contribution in [0.5, 0.6) is 5.75 Å². The maximum atomic E-state index is 13.0. The van der Waals surface area contributed by atoms with Gasteiger partial charge in [-0.25, -0.2) is 0 Å². The largest absolute Gasteiger partial charge is 0.495 e. The second kappa shape index (κ2) is 10.3. The number of amides is 1. The molecule has 0 aliphatic carbocycles. The summed E-state index contributed by atoms with van der Waals surface area (Å²) in [6.07, 6.45) is 1.50. The number of benzene rings is 2. The summed E-state index contributed by atoms with van der Waals surface area (Å²) in [5, 5.41) is 5.98. The van der Waals surface area contributed by atoms with Gasteiger partial charge in [-0.15, -0.1) is 0 Å². The van der Waals surface area contributed by atoms with Crippen LogP contribution in [0, 0.1) is 0 Å². The molecule has 1 aliphatic rings. The molecule has 8 heteroatoms. The number of para-hydroxylation sites is 2. The van der Waals surface area contributed by atoms with E-state index < -0.39 is 11.5 Å². The van der Waals surface area contributed by atoms with Crippen molar-refractivity contribution in [2.24, 2.45) is 0 Å². The molecular formula is C25H29N5O3.